The molecule has 12 rings (SSSR count). The molecule has 0 aliphatic carbocycles. The third-order valence-electron chi connectivity index (χ3n) is 10.8. The molecular weight excluding hydrogens is 473 g/mol. The van der Waals surface area contributed by atoms with E-state index in [1.165, 1.54) is 60.7 Å². The van der Waals surface area contributed by atoms with Gasteiger partial charge in [-0.25, -0.2) is 0 Å². The first kappa shape index (κ1) is 19.5. The first-order valence-corrected chi connectivity index (χ1v) is 16.3. The van der Waals surface area contributed by atoms with Gasteiger partial charge in [0.05, 0.1) is 0 Å². The molecule has 5 aromatic carbocycles. The minimum absolute atomic E-state index is 0.309. The first-order chi connectivity index (χ1) is 18.8. The van der Waals surface area contributed by atoms with Crippen molar-refractivity contribution in [1.29, 1.82) is 0 Å². The van der Waals surface area contributed by atoms with Gasteiger partial charge in [-0.15, -0.1) is 0 Å². The summed E-state index contributed by atoms with van der Waals surface area (Å²) in [5.74, 6) is 0. The van der Waals surface area contributed by atoms with E-state index in [1.54, 1.807) is 5.30 Å². The Morgan fingerprint density at radius 3 is 2.26 bits per heavy atom. The molecule has 0 amide bonds. The van der Waals surface area contributed by atoms with Crippen molar-refractivity contribution in [3.63, 3.8) is 0 Å². The van der Waals surface area contributed by atoms with E-state index in [2.05, 4.69) is 126 Å². The first-order valence-electron chi connectivity index (χ1n) is 13.8. The molecule has 0 atom stereocenters. The summed E-state index contributed by atoms with van der Waals surface area (Å²) in [7, 11) is 2.63. The van der Waals surface area contributed by atoms with Crippen LogP contribution < -0.4 is 26.8 Å². The number of rotatable bonds is 3. The van der Waals surface area contributed by atoms with Gasteiger partial charge in [0.1, 0.15) is 0 Å². The molecule has 1 N–H and O–H groups in total. The third-order valence-corrected chi connectivity index (χ3v) is 17.8. The molecule has 8 heteroatoms. The van der Waals surface area contributed by atoms with Gasteiger partial charge in [0.2, 0.25) is 0 Å². The van der Waals surface area contributed by atoms with Crippen molar-refractivity contribution in [2.24, 2.45) is 0 Å². The average Bonchev–Trinajstić information content (AvgIpc) is 3.39. The van der Waals surface area contributed by atoms with Gasteiger partial charge in [-0.3, -0.25) is 0 Å². The van der Waals surface area contributed by atoms with E-state index >= 15 is 0 Å². The average molecular weight is 493 g/mol. The number of para-hydroxylation sites is 2. The fraction of sp³-hybridized carbons (Fsp3) is 0. The number of nitrogens with zero attached hydrogens (tertiary/aromatic N) is 1. The van der Waals surface area contributed by atoms with E-state index in [-0.39, 0.29) is 0 Å². The van der Waals surface area contributed by atoms with Crippen LogP contribution in [0.25, 0.3) is 38.6 Å². The predicted octanol–water partition coefficient (Wildman–Crippen LogP) is 3.67. The van der Waals surface area contributed by atoms with E-state index in [0.717, 1.165) is 18.6 Å². The number of hydrogen-bond acceptors (Lipinski definition) is 1. The van der Waals surface area contributed by atoms with E-state index in [1.807, 2.05) is 0 Å². The Hall–Kier alpha value is -3.55. The molecule has 4 fully saturated rings. The zero-order chi connectivity index (χ0) is 24.4. The molecule has 0 unspecified atom stereocenters. The van der Waals surface area contributed by atoms with Gasteiger partial charge < -0.3 is 0 Å². The molecule has 2 bridgehead atoms. The molecule has 0 saturated carbocycles. The second kappa shape index (κ2) is 5.87. The van der Waals surface area contributed by atoms with Gasteiger partial charge in [0, 0.05) is 0 Å². The maximum atomic E-state index is 4.26. The molecule has 6 aliphatic heterocycles. The molecule has 38 heavy (non-hydrogen) atoms. The Balaban J connectivity index is 1.26. The number of hydrogen-bond donors (Lipinski definition) is 1. The summed E-state index contributed by atoms with van der Waals surface area (Å²) in [5.41, 5.74) is 12.6. The van der Waals surface area contributed by atoms with Crippen molar-refractivity contribution >= 4 is 88.0 Å². The summed E-state index contributed by atoms with van der Waals surface area (Å²) in [6.07, 6.45) is 0.213. The summed E-state index contributed by atoms with van der Waals surface area (Å²) in [5, 5.41) is 8.82. The van der Waals surface area contributed by atoms with Crippen LogP contribution in [0.2, 0.25) is 0 Å². The number of benzene rings is 5. The maximum absolute atomic E-state index is 4.26. The molecular formula is C30H19B5N2P-. The zero-order valence-corrected chi connectivity index (χ0v) is 21.6. The van der Waals surface area contributed by atoms with E-state index in [4.69, 9.17) is 0 Å². The van der Waals surface area contributed by atoms with Gasteiger partial charge >= 0.3 is 224 Å². The number of aromatic nitrogens is 1. The van der Waals surface area contributed by atoms with Gasteiger partial charge in [0.25, 0.3) is 0 Å². The monoisotopic (exact) mass is 493 g/mol. The van der Waals surface area contributed by atoms with Crippen molar-refractivity contribution in [2.75, 3.05) is 5.09 Å². The van der Waals surface area contributed by atoms with Crippen LogP contribution in [0.3, 0.4) is 0 Å². The van der Waals surface area contributed by atoms with Crippen LogP contribution in [0, 0.1) is 0 Å². The number of nitrogens with one attached hydrogen (secondary N) is 1. The topological polar surface area (TPSA) is 17.0 Å². The number of fused-ring (bicyclic) bond motifs is 8. The third kappa shape index (κ3) is 1.75. The van der Waals surface area contributed by atoms with Crippen molar-refractivity contribution < 1.29 is 0 Å². The zero-order valence-electron chi connectivity index (χ0n) is 20.7. The van der Waals surface area contributed by atoms with Crippen LogP contribution in [-0.4, -0.2) is 37.0 Å². The fourth-order valence-corrected chi connectivity index (χ4v) is 17.5. The summed E-state index contributed by atoms with van der Waals surface area (Å²) in [6, 6.07) is 41.3. The Morgan fingerprint density at radius 2 is 1.42 bits per heavy atom. The van der Waals surface area contributed by atoms with Gasteiger partial charge in [-0.05, 0) is 0 Å². The van der Waals surface area contributed by atoms with E-state index < -0.39 is 6.39 Å². The van der Waals surface area contributed by atoms with Crippen molar-refractivity contribution in [3.05, 3.63) is 109 Å². The SMILES string of the molecule is [B-]1B2B3B1P23(Nc1ccccc1)c1cccc2c1c1cccc3c1n2-c1cccc2c1B3c1ccccc1-2. The van der Waals surface area contributed by atoms with Crippen molar-refractivity contribution in [1.82, 2.24) is 4.57 Å². The van der Waals surface area contributed by atoms with E-state index in [0.29, 0.717) is 6.71 Å². The van der Waals surface area contributed by atoms with Gasteiger partial charge in [0.15, 0.2) is 0 Å². The molecule has 170 valence electrons. The Morgan fingerprint density at radius 1 is 0.684 bits per heavy atom. The quantitative estimate of drug-likeness (QED) is 0.294. The second-order valence-electron chi connectivity index (χ2n) is 12.0. The molecule has 6 aromatic rings. The van der Waals surface area contributed by atoms with Gasteiger partial charge in [-0.1, -0.05) is 0 Å². The van der Waals surface area contributed by atoms with Crippen LogP contribution in [0.1, 0.15) is 0 Å². The van der Waals surface area contributed by atoms with Crippen LogP contribution in [0.4, 0.5) is 5.69 Å². The fourth-order valence-electron chi connectivity index (χ4n) is 9.25. The summed E-state index contributed by atoms with van der Waals surface area (Å²) >= 11 is 0. The van der Waals surface area contributed by atoms with Crippen LogP contribution in [0.5, 0.6) is 0 Å². The summed E-state index contributed by atoms with van der Waals surface area (Å²) in [4.78, 5) is 0. The van der Waals surface area contributed by atoms with Crippen molar-refractivity contribution in [3.8, 4) is 16.8 Å². The number of anilines is 1. The Labute approximate surface area is 223 Å². The Kier molecular flexibility index (Phi) is 3.02. The standard InChI is InChI=1S/C30H19B5N2P/c1-2-9-19(10-3-1)36-38(33-31-34(38)35(33)38)27-18-8-16-25-28(27)22-13-6-15-24-30(22)37(25)26-17-7-12-21-20-11-4-5-14-23(20)32(24)29(21)26/h1-18,36H/q-1. The predicted molar refractivity (Wildman–Crippen MR) is 171 cm³/mol. The van der Waals surface area contributed by atoms with Gasteiger partial charge in [-0.2, -0.15) is 0 Å². The van der Waals surface area contributed by atoms with Crippen molar-refractivity contribution in [2.45, 2.75) is 0 Å². The van der Waals surface area contributed by atoms with Crippen LogP contribution >= 0.6 is 6.39 Å². The molecule has 2 radical (unpaired) electrons. The normalized spacial score (nSPS) is 19.8. The summed E-state index contributed by atoms with van der Waals surface area (Å²) in [6.45, 7) is 0.309. The van der Waals surface area contributed by atoms with E-state index in [9.17, 15) is 0 Å². The minimum atomic E-state index is -2.17. The Bertz CT molecular complexity index is 2090. The van der Waals surface area contributed by atoms with Crippen LogP contribution in [0.15, 0.2) is 109 Å². The molecule has 4 saturated heterocycles. The molecule has 1 aromatic heterocycles. The molecule has 0 spiro atoms. The molecule has 7 heterocycles. The summed E-state index contributed by atoms with van der Waals surface area (Å²) < 4.78 is 2.61. The van der Waals surface area contributed by atoms with Crippen LogP contribution in [-0.2, 0) is 0 Å². The molecule has 2 nitrogen and oxygen atoms in total. The molecule has 6 aliphatic rings. The second-order valence-corrected chi connectivity index (χ2v) is 17.1.